The van der Waals surface area contributed by atoms with Gasteiger partial charge in [-0.05, 0) is 56.3 Å². The Morgan fingerprint density at radius 1 is 1.23 bits per heavy atom. The second-order valence-electron chi connectivity index (χ2n) is 5.55. The molecule has 0 spiro atoms. The minimum Gasteiger partial charge on any atom is -0.507 e. The van der Waals surface area contributed by atoms with Gasteiger partial charge in [0.15, 0.2) is 0 Å². The average molecular weight is 353 g/mol. The van der Waals surface area contributed by atoms with Gasteiger partial charge in [0.2, 0.25) is 0 Å². The van der Waals surface area contributed by atoms with Crippen LogP contribution in [0, 0.1) is 17.1 Å². The Morgan fingerprint density at radius 2 is 1.88 bits per heavy atom. The minimum absolute atomic E-state index is 0.0169. The summed E-state index contributed by atoms with van der Waals surface area (Å²) < 4.78 is 12.9. The van der Waals surface area contributed by atoms with Crippen LogP contribution >= 0.6 is 0 Å². The SMILES string of the molecule is CCN(CC)c1ccc(/C=C(\C#N)C(=O)Nc2ccc(F)cc2)c(O)c1. The van der Waals surface area contributed by atoms with Crippen LogP contribution in [0.1, 0.15) is 19.4 Å². The molecule has 134 valence electrons. The molecule has 0 aliphatic heterocycles. The monoisotopic (exact) mass is 353 g/mol. The summed E-state index contributed by atoms with van der Waals surface area (Å²) in [5.74, 6) is -1.07. The molecule has 0 saturated heterocycles. The van der Waals surface area contributed by atoms with Gasteiger partial charge in [0.1, 0.15) is 23.2 Å². The Hall–Kier alpha value is -3.33. The molecule has 0 fully saturated rings. The van der Waals surface area contributed by atoms with Crippen LogP contribution in [0.25, 0.3) is 6.08 Å². The van der Waals surface area contributed by atoms with Crippen LogP contribution in [0.15, 0.2) is 48.0 Å². The lowest BCUT2D eigenvalue weighted by molar-refractivity contribution is -0.112. The van der Waals surface area contributed by atoms with Gasteiger partial charge in [0.25, 0.3) is 5.91 Å². The van der Waals surface area contributed by atoms with Crippen molar-refractivity contribution in [3.8, 4) is 11.8 Å². The van der Waals surface area contributed by atoms with Crippen LogP contribution in [-0.4, -0.2) is 24.1 Å². The third-order valence-electron chi connectivity index (χ3n) is 3.91. The van der Waals surface area contributed by atoms with E-state index in [1.165, 1.54) is 30.3 Å². The first-order chi connectivity index (χ1) is 12.5. The molecule has 0 atom stereocenters. The molecule has 0 saturated carbocycles. The van der Waals surface area contributed by atoms with E-state index in [1.54, 1.807) is 12.1 Å². The van der Waals surface area contributed by atoms with Gasteiger partial charge in [0.05, 0.1) is 0 Å². The fourth-order valence-corrected chi connectivity index (χ4v) is 2.48. The number of hydrogen-bond donors (Lipinski definition) is 2. The maximum Gasteiger partial charge on any atom is 0.266 e. The van der Waals surface area contributed by atoms with Gasteiger partial charge in [-0.3, -0.25) is 4.79 Å². The topological polar surface area (TPSA) is 76.4 Å². The first-order valence-corrected chi connectivity index (χ1v) is 8.25. The molecule has 2 rings (SSSR count). The zero-order chi connectivity index (χ0) is 19.1. The van der Waals surface area contributed by atoms with Crippen molar-refractivity contribution < 1.29 is 14.3 Å². The molecular weight excluding hydrogens is 333 g/mol. The van der Waals surface area contributed by atoms with Crippen molar-refractivity contribution in [2.75, 3.05) is 23.3 Å². The van der Waals surface area contributed by atoms with Crippen molar-refractivity contribution in [3.05, 3.63) is 59.4 Å². The number of phenols is 1. The molecule has 0 unspecified atom stereocenters. The number of carbonyl (C=O) groups excluding carboxylic acids is 1. The lowest BCUT2D eigenvalue weighted by atomic mass is 10.1. The Labute approximate surface area is 152 Å². The summed E-state index contributed by atoms with van der Waals surface area (Å²) in [7, 11) is 0. The van der Waals surface area contributed by atoms with E-state index in [1.807, 2.05) is 26.0 Å². The molecule has 0 aliphatic rings. The van der Waals surface area contributed by atoms with E-state index >= 15 is 0 Å². The van der Waals surface area contributed by atoms with Crippen molar-refractivity contribution in [1.82, 2.24) is 0 Å². The van der Waals surface area contributed by atoms with Gasteiger partial charge in [-0.1, -0.05) is 0 Å². The molecular formula is C20H20FN3O2. The summed E-state index contributed by atoms with van der Waals surface area (Å²) in [5.41, 5.74) is 1.43. The molecule has 26 heavy (non-hydrogen) atoms. The quantitative estimate of drug-likeness (QED) is 0.609. The highest BCUT2D eigenvalue weighted by Gasteiger charge is 2.12. The lowest BCUT2D eigenvalue weighted by Gasteiger charge is -2.21. The molecule has 0 aromatic heterocycles. The number of nitrogens with zero attached hydrogens (tertiary/aromatic N) is 2. The Balaban J connectivity index is 2.23. The maximum atomic E-state index is 12.9. The van der Waals surface area contributed by atoms with Crippen molar-refractivity contribution in [2.45, 2.75) is 13.8 Å². The van der Waals surface area contributed by atoms with E-state index in [4.69, 9.17) is 0 Å². The standard InChI is InChI=1S/C20H20FN3O2/c1-3-24(4-2)18-10-5-14(19(25)12-18)11-15(13-22)20(26)23-17-8-6-16(21)7-9-17/h5-12,25H,3-4H2,1-2H3,(H,23,26)/b15-11+. The second kappa shape index (κ2) is 8.67. The first-order valence-electron chi connectivity index (χ1n) is 8.25. The third kappa shape index (κ3) is 4.61. The largest absolute Gasteiger partial charge is 0.507 e. The highest BCUT2D eigenvalue weighted by atomic mass is 19.1. The molecule has 2 aromatic rings. The molecule has 0 radical (unpaired) electrons. The number of benzene rings is 2. The van der Waals surface area contributed by atoms with Crippen LogP contribution in [-0.2, 0) is 4.79 Å². The Bertz CT molecular complexity index is 850. The summed E-state index contributed by atoms with van der Waals surface area (Å²) >= 11 is 0. The molecule has 5 nitrogen and oxygen atoms in total. The van der Waals surface area contributed by atoms with Gasteiger partial charge in [0, 0.05) is 36.1 Å². The van der Waals surface area contributed by atoms with E-state index in [0.29, 0.717) is 11.3 Å². The summed E-state index contributed by atoms with van der Waals surface area (Å²) in [6.45, 7) is 5.63. The number of amides is 1. The van der Waals surface area contributed by atoms with Gasteiger partial charge >= 0.3 is 0 Å². The summed E-state index contributed by atoms with van der Waals surface area (Å²) in [6, 6.07) is 12.1. The van der Waals surface area contributed by atoms with Crippen LogP contribution in [0.4, 0.5) is 15.8 Å². The van der Waals surface area contributed by atoms with Crippen molar-refractivity contribution in [3.63, 3.8) is 0 Å². The number of carbonyl (C=O) groups is 1. The normalized spacial score (nSPS) is 10.9. The number of hydrogen-bond acceptors (Lipinski definition) is 4. The summed E-state index contributed by atoms with van der Waals surface area (Å²) in [5, 5.41) is 22.0. The van der Waals surface area contributed by atoms with Crippen molar-refractivity contribution in [2.24, 2.45) is 0 Å². The van der Waals surface area contributed by atoms with Crippen LogP contribution in [0.2, 0.25) is 0 Å². The van der Waals surface area contributed by atoms with Crippen molar-refractivity contribution >= 4 is 23.4 Å². The van der Waals surface area contributed by atoms with Crippen LogP contribution in [0.5, 0.6) is 5.75 Å². The number of anilines is 2. The fraction of sp³-hybridized carbons (Fsp3) is 0.200. The van der Waals surface area contributed by atoms with E-state index in [9.17, 15) is 19.6 Å². The zero-order valence-corrected chi connectivity index (χ0v) is 14.7. The lowest BCUT2D eigenvalue weighted by Crippen LogP contribution is -2.21. The molecule has 1 amide bonds. The highest BCUT2D eigenvalue weighted by molar-refractivity contribution is 6.09. The summed E-state index contributed by atoms with van der Waals surface area (Å²) in [6.07, 6.45) is 1.32. The van der Waals surface area contributed by atoms with Gasteiger partial charge in [-0.15, -0.1) is 0 Å². The summed E-state index contributed by atoms with van der Waals surface area (Å²) in [4.78, 5) is 14.3. The smallest absolute Gasteiger partial charge is 0.266 e. The van der Waals surface area contributed by atoms with Gasteiger partial charge < -0.3 is 15.3 Å². The first kappa shape index (κ1) is 19.0. The maximum absolute atomic E-state index is 12.9. The molecule has 0 aliphatic carbocycles. The number of nitriles is 1. The Morgan fingerprint density at radius 3 is 2.42 bits per heavy atom. The van der Waals surface area contributed by atoms with Crippen LogP contribution in [0.3, 0.4) is 0 Å². The van der Waals surface area contributed by atoms with Gasteiger partial charge in [-0.25, -0.2) is 4.39 Å². The molecule has 0 bridgehead atoms. The predicted molar refractivity (Wildman–Crippen MR) is 100 cm³/mol. The number of aromatic hydroxyl groups is 1. The number of halogens is 1. The molecule has 0 heterocycles. The minimum atomic E-state index is -0.633. The molecule has 2 aromatic carbocycles. The zero-order valence-electron chi connectivity index (χ0n) is 14.7. The van der Waals surface area contributed by atoms with E-state index in [0.717, 1.165) is 18.8 Å². The van der Waals surface area contributed by atoms with E-state index < -0.39 is 11.7 Å². The van der Waals surface area contributed by atoms with E-state index in [2.05, 4.69) is 10.2 Å². The third-order valence-corrected chi connectivity index (χ3v) is 3.91. The number of phenolic OH excluding ortho intramolecular Hbond substituents is 1. The highest BCUT2D eigenvalue weighted by Crippen LogP contribution is 2.26. The van der Waals surface area contributed by atoms with Crippen LogP contribution < -0.4 is 10.2 Å². The molecule has 6 heteroatoms. The van der Waals surface area contributed by atoms with E-state index in [-0.39, 0.29) is 11.3 Å². The second-order valence-corrected chi connectivity index (χ2v) is 5.55. The van der Waals surface area contributed by atoms with Gasteiger partial charge in [-0.2, -0.15) is 5.26 Å². The fourth-order valence-electron chi connectivity index (χ4n) is 2.48. The Kier molecular flexibility index (Phi) is 6.34. The predicted octanol–water partition coefficient (Wildman–Crippen LogP) is 3.92. The number of rotatable bonds is 6. The molecule has 2 N–H and O–H groups in total. The average Bonchev–Trinajstić information content (AvgIpc) is 2.64. The number of nitrogens with one attached hydrogen (secondary N) is 1. The van der Waals surface area contributed by atoms with Crippen molar-refractivity contribution in [1.29, 1.82) is 5.26 Å².